The fourth-order valence-electron chi connectivity index (χ4n) is 1.12. The Balaban J connectivity index is 2.54. The third-order valence-corrected chi connectivity index (χ3v) is 2.27. The number of hydrogen-bond donors (Lipinski definition) is 1. The van der Waals surface area contributed by atoms with Gasteiger partial charge in [-0.15, -0.1) is 0 Å². The molecule has 0 radical (unpaired) electrons. The Kier molecular flexibility index (Phi) is 4.61. The topological polar surface area (TPSA) is 24.4 Å². The lowest BCUT2D eigenvalue weighted by molar-refractivity contribution is 1.25. The summed E-state index contributed by atoms with van der Waals surface area (Å²) in [5, 5.41) is 3.20. The van der Waals surface area contributed by atoms with Crippen molar-refractivity contribution in [3.8, 4) is 0 Å². The van der Waals surface area contributed by atoms with Crippen molar-refractivity contribution in [3.05, 3.63) is 42.2 Å². The van der Waals surface area contributed by atoms with Gasteiger partial charge in [0.1, 0.15) is 0 Å². The Bertz CT molecular complexity index is 365. The van der Waals surface area contributed by atoms with Crippen LogP contribution >= 0.6 is 0 Å². The number of rotatable bonds is 4. The van der Waals surface area contributed by atoms with Crippen LogP contribution in [0, 0.1) is 6.92 Å². The second kappa shape index (κ2) is 6.02. The van der Waals surface area contributed by atoms with Crippen LogP contribution in [0.15, 0.2) is 41.7 Å². The molecular weight excluding hydrogens is 184 g/mol. The van der Waals surface area contributed by atoms with E-state index in [1.54, 1.807) is 6.20 Å². The molecule has 0 atom stereocenters. The summed E-state index contributed by atoms with van der Waals surface area (Å²) >= 11 is 0. The lowest BCUT2D eigenvalue weighted by Crippen LogP contribution is -1.90. The van der Waals surface area contributed by atoms with Crippen molar-refractivity contribution in [1.82, 2.24) is 0 Å². The van der Waals surface area contributed by atoms with E-state index in [2.05, 4.69) is 36.3 Å². The Labute approximate surface area is 91.7 Å². The van der Waals surface area contributed by atoms with Crippen molar-refractivity contribution in [2.45, 2.75) is 27.2 Å². The molecule has 80 valence electrons. The van der Waals surface area contributed by atoms with Crippen molar-refractivity contribution in [1.29, 1.82) is 0 Å². The van der Waals surface area contributed by atoms with E-state index < -0.39 is 0 Å². The first-order valence-corrected chi connectivity index (χ1v) is 5.24. The SMILES string of the molecule is CCC(C)=N/C=C\Nc1ccccc1C. The normalized spacial score (nSPS) is 12.1. The molecule has 0 aliphatic heterocycles. The molecule has 15 heavy (non-hydrogen) atoms. The van der Waals surface area contributed by atoms with Gasteiger partial charge in [-0.05, 0) is 31.9 Å². The van der Waals surface area contributed by atoms with Crippen molar-refractivity contribution < 1.29 is 0 Å². The van der Waals surface area contributed by atoms with Gasteiger partial charge < -0.3 is 5.32 Å². The zero-order valence-electron chi connectivity index (χ0n) is 9.62. The van der Waals surface area contributed by atoms with Crippen LogP contribution in [0.4, 0.5) is 5.69 Å². The van der Waals surface area contributed by atoms with Crippen LogP contribution in [-0.2, 0) is 0 Å². The number of aliphatic imine (C=N–C) groups is 1. The van der Waals surface area contributed by atoms with Crippen LogP contribution in [0.25, 0.3) is 0 Å². The first kappa shape index (κ1) is 11.5. The summed E-state index contributed by atoms with van der Waals surface area (Å²) in [7, 11) is 0. The van der Waals surface area contributed by atoms with E-state index in [0.29, 0.717) is 0 Å². The second-order valence-electron chi connectivity index (χ2n) is 3.49. The molecule has 0 saturated heterocycles. The van der Waals surface area contributed by atoms with Gasteiger partial charge in [0.25, 0.3) is 0 Å². The molecule has 1 aromatic rings. The zero-order valence-corrected chi connectivity index (χ0v) is 9.62. The van der Waals surface area contributed by atoms with Gasteiger partial charge in [0.15, 0.2) is 0 Å². The van der Waals surface area contributed by atoms with Gasteiger partial charge in [-0.25, -0.2) is 0 Å². The molecule has 0 unspecified atom stereocenters. The molecule has 2 nitrogen and oxygen atoms in total. The maximum Gasteiger partial charge on any atom is 0.0427 e. The molecule has 0 amide bonds. The van der Waals surface area contributed by atoms with Crippen LogP contribution in [-0.4, -0.2) is 5.71 Å². The predicted molar refractivity (Wildman–Crippen MR) is 67.3 cm³/mol. The van der Waals surface area contributed by atoms with Crippen LogP contribution in [0.5, 0.6) is 0 Å². The minimum absolute atomic E-state index is 0.995. The molecule has 1 aromatic carbocycles. The predicted octanol–water partition coefficient (Wildman–Crippen LogP) is 3.75. The van der Waals surface area contributed by atoms with Crippen LogP contribution in [0.2, 0.25) is 0 Å². The molecule has 0 saturated carbocycles. The van der Waals surface area contributed by atoms with Crippen molar-refractivity contribution in [2.24, 2.45) is 4.99 Å². The Hall–Kier alpha value is -1.57. The highest BCUT2D eigenvalue weighted by atomic mass is 14.9. The fourth-order valence-corrected chi connectivity index (χ4v) is 1.12. The van der Waals surface area contributed by atoms with E-state index in [1.807, 2.05) is 25.3 Å². The molecule has 2 heteroatoms. The van der Waals surface area contributed by atoms with Crippen LogP contribution in [0.3, 0.4) is 0 Å². The molecule has 0 fully saturated rings. The minimum atomic E-state index is 0.995. The number of hydrogen-bond acceptors (Lipinski definition) is 2. The van der Waals surface area contributed by atoms with Gasteiger partial charge in [-0.2, -0.15) is 0 Å². The third kappa shape index (κ3) is 3.98. The Morgan fingerprint density at radius 1 is 1.40 bits per heavy atom. The number of nitrogens with one attached hydrogen (secondary N) is 1. The summed E-state index contributed by atoms with van der Waals surface area (Å²) in [6.07, 6.45) is 4.65. The highest BCUT2D eigenvalue weighted by Crippen LogP contribution is 2.12. The minimum Gasteiger partial charge on any atom is -0.360 e. The van der Waals surface area contributed by atoms with Crippen molar-refractivity contribution in [2.75, 3.05) is 5.32 Å². The van der Waals surface area contributed by atoms with Gasteiger partial charge in [0.2, 0.25) is 0 Å². The summed E-state index contributed by atoms with van der Waals surface area (Å²) in [6, 6.07) is 8.18. The standard InChI is InChI=1S/C13H18N2/c1-4-12(3)14-9-10-15-13-8-6-5-7-11(13)2/h5-10,15H,4H2,1-3H3/b10-9-,14-12?. The number of aryl methyl sites for hydroxylation is 1. The number of para-hydroxylation sites is 1. The Morgan fingerprint density at radius 3 is 2.80 bits per heavy atom. The average Bonchev–Trinajstić information content (AvgIpc) is 2.26. The van der Waals surface area contributed by atoms with E-state index in [1.165, 1.54) is 5.56 Å². The van der Waals surface area contributed by atoms with Gasteiger partial charge in [-0.1, -0.05) is 25.1 Å². The lowest BCUT2D eigenvalue weighted by Gasteiger charge is -2.03. The molecule has 0 spiro atoms. The smallest absolute Gasteiger partial charge is 0.0427 e. The molecule has 1 rings (SSSR count). The van der Waals surface area contributed by atoms with Gasteiger partial charge in [-0.3, -0.25) is 4.99 Å². The number of benzene rings is 1. The lowest BCUT2D eigenvalue weighted by atomic mass is 10.2. The average molecular weight is 202 g/mol. The molecule has 1 N–H and O–H groups in total. The van der Waals surface area contributed by atoms with E-state index >= 15 is 0 Å². The first-order chi connectivity index (χ1) is 7.24. The van der Waals surface area contributed by atoms with Crippen LogP contribution < -0.4 is 5.32 Å². The van der Waals surface area contributed by atoms with Gasteiger partial charge in [0.05, 0.1) is 0 Å². The summed E-state index contributed by atoms with van der Waals surface area (Å²) in [5.41, 5.74) is 3.49. The van der Waals surface area contributed by atoms with E-state index in [4.69, 9.17) is 0 Å². The summed E-state index contributed by atoms with van der Waals surface area (Å²) < 4.78 is 0. The quantitative estimate of drug-likeness (QED) is 0.739. The summed E-state index contributed by atoms with van der Waals surface area (Å²) in [6.45, 7) is 6.20. The van der Waals surface area contributed by atoms with Crippen molar-refractivity contribution >= 4 is 11.4 Å². The highest BCUT2D eigenvalue weighted by Gasteiger charge is 1.91. The third-order valence-electron chi connectivity index (χ3n) is 2.27. The Morgan fingerprint density at radius 2 is 2.13 bits per heavy atom. The van der Waals surface area contributed by atoms with E-state index in [-0.39, 0.29) is 0 Å². The zero-order chi connectivity index (χ0) is 11.1. The summed E-state index contributed by atoms with van der Waals surface area (Å²) in [4.78, 5) is 4.26. The van der Waals surface area contributed by atoms with E-state index in [9.17, 15) is 0 Å². The van der Waals surface area contributed by atoms with Gasteiger partial charge >= 0.3 is 0 Å². The fraction of sp³-hybridized carbons (Fsp3) is 0.308. The largest absolute Gasteiger partial charge is 0.360 e. The van der Waals surface area contributed by atoms with Crippen molar-refractivity contribution in [3.63, 3.8) is 0 Å². The molecule has 0 heterocycles. The molecule has 0 aliphatic rings. The van der Waals surface area contributed by atoms with E-state index in [0.717, 1.165) is 17.8 Å². The number of anilines is 1. The summed E-state index contributed by atoms with van der Waals surface area (Å²) in [5.74, 6) is 0. The first-order valence-electron chi connectivity index (χ1n) is 5.24. The van der Waals surface area contributed by atoms with Gasteiger partial charge in [0, 0.05) is 23.8 Å². The molecular formula is C13H18N2. The molecule has 0 aromatic heterocycles. The maximum absolute atomic E-state index is 4.26. The monoisotopic (exact) mass is 202 g/mol. The van der Waals surface area contributed by atoms with Crippen LogP contribution in [0.1, 0.15) is 25.8 Å². The number of nitrogens with zero attached hydrogens (tertiary/aromatic N) is 1. The molecule has 0 aliphatic carbocycles. The second-order valence-corrected chi connectivity index (χ2v) is 3.49. The molecule has 0 bridgehead atoms. The highest BCUT2D eigenvalue weighted by molar-refractivity contribution is 5.82. The maximum atomic E-state index is 4.26.